The zero-order valence-electron chi connectivity index (χ0n) is 10.2. The summed E-state index contributed by atoms with van der Waals surface area (Å²) in [4.78, 5) is 13.7. The fourth-order valence-corrected chi connectivity index (χ4v) is 2.10. The first-order valence-corrected chi connectivity index (χ1v) is 5.94. The van der Waals surface area contributed by atoms with Crippen molar-refractivity contribution in [3.05, 3.63) is 29.6 Å². The van der Waals surface area contributed by atoms with E-state index in [-0.39, 0.29) is 17.9 Å². The van der Waals surface area contributed by atoms with Gasteiger partial charge in [0.15, 0.2) is 0 Å². The molecule has 4 heteroatoms. The van der Waals surface area contributed by atoms with E-state index in [0.717, 1.165) is 24.1 Å². The maximum absolute atomic E-state index is 13.1. The number of fused-ring (bicyclic) bond motifs is 1. The molecule has 1 aliphatic rings. The molecule has 1 aliphatic heterocycles. The van der Waals surface area contributed by atoms with Crippen LogP contribution in [-0.2, 0) is 6.42 Å². The Kier molecular flexibility index (Phi) is 3.31. The van der Waals surface area contributed by atoms with Crippen LogP contribution in [0.15, 0.2) is 18.2 Å². The third kappa shape index (κ3) is 2.57. The van der Waals surface area contributed by atoms with Gasteiger partial charge in [0.1, 0.15) is 5.82 Å². The first-order chi connectivity index (χ1) is 8.08. The van der Waals surface area contributed by atoms with E-state index in [2.05, 4.69) is 5.32 Å². The zero-order chi connectivity index (χ0) is 12.4. The van der Waals surface area contributed by atoms with Gasteiger partial charge in [0.05, 0.1) is 0 Å². The minimum absolute atomic E-state index is 0.104. The van der Waals surface area contributed by atoms with E-state index in [4.69, 9.17) is 0 Å². The molecular weight excluding hydrogens is 219 g/mol. The minimum Gasteiger partial charge on any atom is -0.336 e. The highest BCUT2D eigenvalue weighted by Crippen LogP contribution is 2.27. The topological polar surface area (TPSA) is 32.3 Å². The van der Waals surface area contributed by atoms with Crippen LogP contribution in [0.25, 0.3) is 0 Å². The van der Waals surface area contributed by atoms with Crippen LogP contribution in [0.5, 0.6) is 0 Å². The van der Waals surface area contributed by atoms with Crippen molar-refractivity contribution >= 4 is 11.7 Å². The number of anilines is 1. The second kappa shape index (κ2) is 4.73. The lowest BCUT2D eigenvalue weighted by Gasteiger charge is -2.30. The van der Waals surface area contributed by atoms with Gasteiger partial charge >= 0.3 is 6.03 Å². The average molecular weight is 236 g/mol. The van der Waals surface area contributed by atoms with Gasteiger partial charge in [-0.15, -0.1) is 0 Å². The third-order valence-corrected chi connectivity index (χ3v) is 2.82. The smallest absolute Gasteiger partial charge is 0.322 e. The van der Waals surface area contributed by atoms with E-state index < -0.39 is 0 Å². The summed E-state index contributed by atoms with van der Waals surface area (Å²) in [6, 6.07) is 4.61. The number of carbonyl (C=O) groups is 1. The van der Waals surface area contributed by atoms with Crippen molar-refractivity contribution < 1.29 is 9.18 Å². The molecule has 0 bridgehead atoms. The van der Waals surface area contributed by atoms with Crippen LogP contribution in [-0.4, -0.2) is 18.6 Å². The van der Waals surface area contributed by atoms with Crippen LogP contribution in [0.4, 0.5) is 14.9 Å². The van der Waals surface area contributed by atoms with Crippen molar-refractivity contribution in [1.29, 1.82) is 0 Å². The fraction of sp³-hybridized carbons (Fsp3) is 0.462. The molecule has 0 saturated heterocycles. The molecule has 0 spiro atoms. The van der Waals surface area contributed by atoms with Gasteiger partial charge in [-0.25, -0.2) is 9.18 Å². The summed E-state index contributed by atoms with van der Waals surface area (Å²) in [6.45, 7) is 4.54. The zero-order valence-corrected chi connectivity index (χ0v) is 10.2. The Bertz CT molecular complexity index is 431. The molecule has 17 heavy (non-hydrogen) atoms. The summed E-state index contributed by atoms with van der Waals surface area (Å²) in [6.07, 6.45) is 1.71. The van der Waals surface area contributed by atoms with Crippen LogP contribution in [0.2, 0.25) is 0 Å². The Morgan fingerprint density at radius 3 is 2.94 bits per heavy atom. The lowest BCUT2D eigenvalue weighted by atomic mass is 10.0. The van der Waals surface area contributed by atoms with Gasteiger partial charge < -0.3 is 5.32 Å². The van der Waals surface area contributed by atoms with E-state index >= 15 is 0 Å². The number of urea groups is 1. The maximum atomic E-state index is 13.1. The Balaban J connectivity index is 2.25. The molecule has 1 heterocycles. The normalized spacial score (nSPS) is 14.7. The monoisotopic (exact) mass is 236 g/mol. The maximum Gasteiger partial charge on any atom is 0.322 e. The molecular formula is C13H17FN2O. The SMILES string of the molecule is CC(C)NC(=O)N1CCCc2cc(F)ccc21. The number of rotatable bonds is 1. The molecule has 0 unspecified atom stereocenters. The van der Waals surface area contributed by atoms with Crippen LogP contribution in [0, 0.1) is 5.82 Å². The lowest BCUT2D eigenvalue weighted by Crippen LogP contribution is -2.45. The Labute approximate surface area is 101 Å². The van der Waals surface area contributed by atoms with E-state index in [1.54, 1.807) is 11.0 Å². The molecule has 1 aromatic rings. The second-order valence-corrected chi connectivity index (χ2v) is 4.63. The molecule has 3 nitrogen and oxygen atoms in total. The molecule has 0 atom stereocenters. The van der Waals surface area contributed by atoms with Crippen molar-refractivity contribution in [3.63, 3.8) is 0 Å². The van der Waals surface area contributed by atoms with Gasteiger partial charge in [-0.1, -0.05) is 0 Å². The molecule has 0 radical (unpaired) electrons. The number of halogens is 1. The van der Waals surface area contributed by atoms with E-state index in [1.807, 2.05) is 13.8 Å². The van der Waals surface area contributed by atoms with Crippen LogP contribution >= 0.6 is 0 Å². The van der Waals surface area contributed by atoms with Crippen molar-refractivity contribution in [3.8, 4) is 0 Å². The van der Waals surface area contributed by atoms with Gasteiger partial charge in [-0.05, 0) is 50.5 Å². The van der Waals surface area contributed by atoms with Gasteiger partial charge in [0.2, 0.25) is 0 Å². The number of amides is 2. The summed E-state index contributed by atoms with van der Waals surface area (Å²) < 4.78 is 13.1. The molecule has 92 valence electrons. The molecule has 1 N–H and O–H groups in total. The minimum atomic E-state index is -0.241. The number of nitrogens with one attached hydrogen (secondary N) is 1. The summed E-state index contributed by atoms with van der Waals surface area (Å²) in [7, 11) is 0. The highest BCUT2D eigenvalue weighted by Gasteiger charge is 2.22. The number of aryl methyl sites for hydroxylation is 1. The summed E-state index contributed by atoms with van der Waals surface area (Å²) in [5.74, 6) is -0.241. The largest absolute Gasteiger partial charge is 0.336 e. The summed E-state index contributed by atoms with van der Waals surface area (Å²) in [5, 5.41) is 2.86. The highest BCUT2D eigenvalue weighted by molar-refractivity contribution is 5.93. The van der Waals surface area contributed by atoms with Gasteiger partial charge in [0.25, 0.3) is 0 Å². The average Bonchev–Trinajstić information content (AvgIpc) is 2.26. The third-order valence-electron chi connectivity index (χ3n) is 2.82. The lowest BCUT2D eigenvalue weighted by molar-refractivity contribution is 0.243. The van der Waals surface area contributed by atoms with Crippen molar-refractivity contribution in [2.75, 3.05) is 11.4 Å². The molecule has 2 amide bonds. The quantitative estimate of drug-likeness (QED) is 0.798. The molecule has 0 aromatic heterocycles. The molecule has 2 rings (SSSR count). The molecule has 0 aliphatic carbocycles. The number of hydrogen-bond acceptors (Lipinski definition) is 1. The first kappa shape index (κ1) is 11.9. The van der Waals surface area contributed by atoms with Crippen molar-refractivity contribution in [2.45, 2.75) is 32.7 Å². The van der Waals surface area contributed by atoms with E-state index in [1.165, 1.54) is 12.1 Å². The van der Waals surface area contributed by atoms with Crippen LogP contribution in [0.1, 0.15) is 25.8 Å². The second-order valence-electron chi connectivity index (χ2n) is 4.63. The highest BCUT2D eigenvalue weighted by atomic mass is 19.1. The van der Waals surface area contributed by atoms with E-state index in [0.29, 0.717) is 6.54 Å². The molecule has 1 aromatic carbocycles. The molecule has 0 fully saturated rings. The Morgan fingerprint density at radius 1 is 1.47 bits per heavy atom. The van der Waals surface area contributed by atoms with Crippen molar-refractivity contribution in [1.82, 2.24) is 5.32 Å². The molecule has 0 saturated carbocycles. The van der Waals surface area contributed by atoms with Gasteiger partial charge in [-0.3, -0.25) is 4.90 Å². The standard InChI is InChI=1S/C13H17FN2O/c1-9(2)15-13(17)16-7-3-4-10-8-11(14)5-6-12(10)16/h5-6,8-9H,3-4,7H2,1-2H3,(H,15,17). The Morgan fingerprint density at radius 2 is 2.24 bits per heavy atom. The summed E-state index contributed by atoms with van der Waals surface area (Å²) >= 11 is 0. The number of benzene rings is 1. The Hall–Kier alpha value is -1.58. The number of nitrogens with zero attached hydrogens (tertiary/aromatic N) is 1. The van der Waals surface area contributed by atoms with Crippen molar-refractivity contribution in [2.24, 2.45) is 0 Å². The van der Waals surface area contributed by atoms with Gasteiger partial charge in [0, 0.05) is 18.3 Å². The van der Waals surface area contributed by atoms with Crippen LogP contribution < -0.4 is 10.2 Å². The fourth-order valence-electron chi connectivity index (χ4n) is 2.10. The number of carbonyl (C=O) groups excluding carboxylic acids is 1. The predicted octanol–water partition coefficient (Wildman–Crippen LogP) is 2.70. The summed E-state index contributed by atoms with van der Waals surface area (Å²) in [5.41, 5.74) is 1.74. The predicted molar refractivity (Wildman–Crippen MR) is 65.7 cm³/mol. The first-order valence-electron chi connectivity index (χ1n) is 5.94. The number of hydrogen-bond donors (Lipinski definition) is 1. The van der Waals surface area contributed by atoms with E-state index in [9.17, 15) is 9.18 Å². The van der Waals surface area contributed by atoms with Crippen LogP contribution in [0.3, 0.4) is 0 Å². The van der Waals surface area contributed by atoms with Gasteiger partial charge in [-0.2, -0.15) is 0 Å².